The van der Waals surface area contributed by atoms with Gasteiger partial charge in [-0.1, -0.05) is 81.4 Å². The van der Waals surface area contributed by atoms with Crippen LogP contribution in [0.25, 0.3) is 0 Å². The lowest BCUT2D eigenvalue weighted by molar-refractivity contribution is 0.306. The number of rotatable bonds is 5. The van der Waals surface area contributed by atoms with Crippen LogP contribution in [0.5, 0.6) is 0 Å². The SMILES string of the molecule is CC(C)(C)[SiH2]OCC(c1ccccc1)c1ccccc1. The molecule has 0 atom stereocenters. The van der Waals surface area contributed by atoms with Gasteiger partial charge in [0.15, 0.2) is 9.76 Å². The van der Waals surface area contributed by atoms with Crippen LogP contribution < -0.4 is 0 Å². The molecule has 2 heteroatoms. The molecule has 0 radical (unpaired) electrons. The van der Waals surface area contributed by atoms with E-state index < -0.39 is 9.76 Å². The fraction of sp³-hybridized carbons (Fsp3) is 0.333. The van der Waals surface area contributed by atoms with Gasteiger partial charge in [-0.3, -0.25) is 0 Å². The minimum atomic E-state index is -0.503. The first-order valence-corrected chi connectivity index (χ1v) is 8.52. The predicted octanol–water partition coefficient (Wildman–Crippen LogP) is 4.14. The van der Waals surface area contributed by atoms with Crippen LogP contribution in [0.2, 0.25) is 5.04 Å². The van der Waals surface area contributed by atoms with E-state index in [0.717, 1.165) is 6.61 Å². The fourth-order valence-electron chi connectivity index (χ4n) is 2.24. The largest absolute Gasteiger partial charge is 0.422 e. The average molecular weight is 284 g/mol. The molecule has 0 saturated heterocycles. The van der Waals surface area contributed by atoms with E-state index in [1.54, 1.807) is 0 Å². The summed E-state index contributed by atoms with van der Waals surface area (Å²) < 4.78 is 6.11. The van der Waals surface area contributed by atoms with Gasteiger partial charge in [0.05, 0.1) is 0 Å². The van der Waals surface area contributed by atoms with Crippen molar-refractivity contribution < 1.29 is 4.43 Å². The van der Waals surface area contributed by atoms with Crippen molar-refractivity contribution in [1.29, 1.82) is 0 Å². The maximum absolute atomic E-state index is 6.11. The van der Waals surface area contributed by atoms with Gasteiger partial charge in [-0.05, 0) is 16.2 Å². The fourth-order valence-corrected chi connectivity index (χ4v) is 3.20. The summed E-state index contributed by atoms with van der Waals surface area (Å²) in [5.41, 5.74) is 2.67. The lowest BCUT2D eigenvalue weighted by Crippen LogP contribution is -2.17. The molecule has 0 heterocycles. The Morgan fingerprint density at radius 1 is 0.850 bits per heavy atom. The van der Waals surface area contributed by atoms with Crippen LogP contribution in [0, 0.1) is 0 Å². The molecule has 0 fully saturated rings. The Balaban J connectivity index is 2.13. The van der Waals surface area contributed by atoms with Crippen molar-refractivity contribution in [2.75, 3.05) is 6.61 Å². The van der Waals surface area contributed by atoms with Gasteiger partial charge in [0.1, 0.15) is 0 Å². The smallest absolute Gasteiger partial charge is 0.166 e. The molecule has 0 aliphatic carbocycles. The topological polar surface area (TPSA) is 9.23 Å². The van der Waals surface area contributed by atoms with Crippen molar-refractivity contribution in [3.8, 4) is 0 Å². The number of benzene rings is 2. The summed E-state index contributed by atoms with van der Waals surface area (Å²) in [6.07, 6.45) is 0. The van der Waals surface area contributed by atoms with Crippen LogP contribution in [0.1, 0.15) is 37.8 Å². The Morgan fingerprint density at radius 3 is 1.70 bits per heavy atom. The zero-order chi connectivity index (χ0) is 14.4. The number of hydrogen-bond donors (Lipinski definition) is 0. The second-order valence-electron chi connectivity index (χ2n) is 6.45. The van der Waals surface area contributed by atoms with Gasteiger partial charge in [0.25, 0.3) is 0 Å². The molecule has 0 N–H and O–H groups in total. The summed E-state index contributed by atoms with van der Waals surface area (Å²) in [6.45, 7) is 7.58. The molecule has 0 aromatic heterocycles. The van der Waals surface area contributed by atoms with Crippen LogP contribution >= 0.6 is 0 Å². The highest BCUT2D eigenvalue weighted by Gasteiger charge is 2.17. The molecule has 2 rings (SSSR count). The third kappa shape index (κ3) is 4.62. The highest BCUT2D eigenvalue weighted by molar-refractivity contribution is 6.31. The van der Waals surface area contributed by atoms with Crippen molar-refractivity contribution in [2.24, 2.45) is 0 Å². The lowest BCUT2D eigenvalue weighted by Gasteiger charge is -2.22. The quantitative estimate of drug-likeness (QED) is 0.750. The third-order valence-corrected chi connectivity index (χ3v) is 4.53. The van der Waals surface area contributed by atoms with Crippen molar-refractivity contribution in [3.63, 3.8) is 0 Å². The van der Waals surface area contributed by atoms with E-state index in [-0.39, 0.29) is 0 Å². The Hall–Kier alpha value is -1.38. The van der Waals surface area contributed by atoms with Crippen LogP contribution in [0.3, 0.4) is 0 Å². The molecule has 0 amide bonds. The van der Waals surface area contributed by atoms with Crippen molar-refractivity contribution >= 4 is 9.76 Å². The van der Waals surface area contributed by atoms with E-state index >= 15 is 0 Å². The maximum atomic E-state index is 6.11. The third-order valence-electron chi connectivity index (χ3n) is 3.22. The summed E-state index contributed by atoms with van der Waals surface area (Å²) in [4.78, 5) is 0. The summed E-state index contributed by atoms with van der Waals surface area (Å²) >= 11 is 0. The first-order chi connectivity index (χ1) is 9.56. The minimum absolute atomic E-state index is 0.340. The summed E-state index contributed by atoms with van der Waals surface area (Å²) in [5, 5.41) is 0.345. The summed E-state index contributed by atoms with van der Waals surface area (Å²) in [6, 6.07) is 21.3. The second-order valence-corrected chi connectivity index (χ2v) is 9.27. The van der Waals surface area contributed by atoms with Gasteiger partial charge in [-0.25, -0.2) is 0 Å². The molecule has 0 bridgehead atoms. The van der Waals surface area contributed by atoms with E-state index in [2.05, 4.69) is 81.4 Å². The molecule has 20 heavy (non-hydrogen) atoms. The van der Waals surface area contributed by atoms with E-state index in [9.17, 15) is 0 Å². The van der Waals surface area contributed by atoms with Gasteiger partial charge in [0, 0.05) is 12.5 Å². The number of hydrogen-bond acceptors (Lipinski definition) is 1. The van der Waals surface area contributed by atoms with E-state index in [0.29, 0.717) is 11.0 Å². The Bertz CT molecular complexity index is 462. The zero-order valence-electron chi connectivity index (χ0n) is 12.7. The van der Waals surface area contributed by atoms with Crippen molar-refractivity contribution in [3.05, 3.63) is 71.8 Å². The molecule has 106 valence electrons. The lowest BCUT2D eigenvalue weighted by atomic mass is 9.92. The molecule has 1 nitrogen and oxygen atoms in total. The van der Waals surface area contributed by atoms with Crippen molar-refractivity contribution in [1.82, 2.24) is 0 Å². The monoisotopic (exact) mass is 284 g/mol. The van der Waals surface area contributed by atoms with Gasteiger partial charge >= 0.3 is 0 Å². The summed E-state index contributed by atoms with van der Waals surface area (Å²) in [7, 11) is -0.503. The summed E-state index contributed by atoms with van der Waals surface area (Å²) in [5.74, 6) is 0.340. The van der Waals surface area contributed by atoms with E-state index in [1.807, 2.05) is 0 Å². The second kappa shape index (κ2) is 6.87. The minimum Gasteiger partial charge on any atom is -0.422 e. The highest BCUT2D eigenvalue weighted by atomic mass is 28.2. The molecule has 0 aliphatic rings. The molecule has 0 aliphatic heterocycles. The van der Waals surface area contributed by atoms with Crippen molar-refractivity contribution in [2.45, 2.75) is 31.7 Å². The predicted molar refractivity (Wildman–Crippen MR) is 88.9 cm³/mol. The van der Waals surface area contributed by atoms with Crippen LogP contribution in [-0.4, -0.2) is 16.4 Å². The molecule has 0 saturated carbocycles. The molecular formula is C18H24OSi. The van der Waals surface area contributed by atoms with E-state index in [4.69, 9.17) is 4.43 Å². The normalized spacial score (nSPS) is 12.4. The first kappa shape index (κ1) is 15.0. The van der Waals surface area contributed by atoms with Gasteiger partial charge in [0.2, 0.25) is 0 Å². The molecule has 0 spiro atoms. The Kier molecular flexibility index (Phi) is 5.15. The van der Waals surface area contributed by atoms with Gasteiger partial charge < -0.3 is 4.43 Å². The Morgan fingerprint density at radius 2 is 1.30 bits per heavy atom. The first-order valence-electron chi connectivity index (χ1n) is 7.24. The Labute approximate surface area is 124 Å². The van der Waals surface area contributed by atoms with E-state index in [1.165, 1.54) is 11.1 Å². The molecular weight excluding hydrogens is 260 g/mol. The average Bonchev–Trinajstić information content (AvgIpc) is 2.44. The molecule has 2 aromatic carbocycles. The zero-order valence-corrected chi connectivity index (χ0v) is 14.1. The highest BCUT2D eigenvalue weighted by Crippen LogP contribution is 2.26. The molecule has 0 unspecified atom stereocenters. The van der Waals surface area contributed by atoms with Crippen LogP contribution in [0.15, 0.2) is 60.7 Å². The van der Waals surface area contributed by atoms with Crippen LogP contribution in [0.4, 0.5) is 0 Å². The van der Waals surface area contributed by atoms with Gasteiger partial charge in [-0.15, -0.1) is 0 Å². The van der Waals surface area contributed by atoms with Gasteiger partial charge in [-0.2, -0.15) is 0 Å². The van der Waals surface area contributed by atoms with Crippen LogP contribution in [-0.2, 0) is 4.43 Å². The maximum Gasteiger partial charge on any atom is 0.166 e. The molecule has 2 aromatic rings. The standard InChI is InChI=1S/C18H24OSi/c1-18(2,3)20-19-14-17(15-10-6-4-7-11-15)16-12-8-5-9-13-16/h4-13,17H,14,20H2,1-3H3.